The molecule has 1 aliphatic rings. The molecule has 1 fully saturated rings. The molecule has 0 saturated carbocycles. The molecular formula is C14H22N2O4. The average molecular weight is 282 g/mol. The van der Waals surface area contributed by atoms with Gasteiger partial charge in [-0.2, -0.15) is 0 Å². The zero-order valence-electron chi connectivity index (χ0n) is 12.1. The summed E-state index contributed by atoms with van der Waals surface area (Å²) < 4.78 is 15.3. The minimum Gasteiger partial charge on any atom is -0.466 e. The molecule has 0 radical (unpaired) electrons. The highest BCUT2D eigenvalue weighted by molar-refractivity contribution is 5.72. The Hall–Kier alpha value is -1.40. The van der Waals surface area contributed by atoms with E-state index in [-0.39, 0.29) is 11.9 Å². The first-order valence-electron chi connectivity index (χ1n) is 7.05. The third-order valence-electron chi connectivity index (χ3n) is 3.41. The summed E-state index contributed by atoms with van der Waals surface area (Å²) in [7, 11) is 1.62. The summed E-state index contributed by atoms with van der Waals surface area (Å²) in [6.07, 6.45) is 1.91. The molecule has 20 heavy (non-hydrogen) atoms. The van der Waals surface area contributed by atoms with Gasteiger partial charge < -0.3 is 14.0 Å². The lowest BCUT2D eigenvalue weighted by Crippen LogP contribution is -2.39. The second-order valence-electron chi connectivity index (χ2n) is 5.04. The van der Waals surface area contributed by atoms with Crippen LogP contribution in [0.5, 0.6) is 0 Å². The van der Waals surface area contributed by atoms with Crippen LogP contribution in [0.4, 0.5) is 0 Å². The summed E-state index contributed by atoms with van der Waals surface area (Å²) in [5.41, 5.74) is 0.876. The number of hydrogen-bond donors (Lipinski definition) is 0. The molecule has 6 heteroatoms. The highest BCUT2D eigenvalue weighted by Gasteiger charge is 2.27. The number of methoxy groups -OCH3 is 1. The third kappa shape index (κ3) is 4.05. The summed E-state index contributed by atoms with van der Waals surface area (Å²) in [5.74, 6) is 0.618. The van der Waals surface area contributed by atoms with Crippen LogP contribution in [0.2, 0.25) is 0 Å². The molecule has 0 N–H and O–H groups in total. The topological polar surface area (TPSA) is 64.8 Å². The Morgan fingerprint density at radius 3 is 3.20 bits per heavy atom. The largest absolute Gasteiger partial charge is 0.466 e. The zero-order chi connectivity index (χ0) is 14.4. The SMILES string of the molecule is CCOC(=O)C1CCCN(Cc2cc(COC)on2)C1. The molecule has 0 spiro atoms. The second-order valence-corrected chi connectivity index (χ2v) is 5.04. The number of esters is 1. The van der Waals surface area contributed by atoms with Crippen molar-refractivity contribution in [1.82, 2.24) is 10.1 Å². The molecule has 0 bridgehead atoms. The molecule has 0 aliphatic carbocycles. The lowest BCUT2D eigenvalue weighted by atomic mass is 9.98. The first kappa shape index (κ1) is 15.0. The van der Waals surface area contributed by atoms with Crippen LogP contribution in [-0.2, 0) is 27.4 Å². The van der Waals surface area contributed by atoms with Crippen molar-refractivity contribution in [3.05, 3.63) is 17.5 Å². The van der Waals surface area contributed by atoms with E-state index in [2.05, 4.69) is 10.1 Å². The van der Waals surface area contributed by atoms with Crippen LogP contribution in [0.3, 0.4) is 0 Å². The Bertz CT molecular complexity index is 433. The van der Waals surface area contributed by atoms with Gasteiger partial charge in [0.25, 0.3) is 0 Å². The van der Waals surface area contributed by atoms with E-state index < -0.39 is 0 Å². The molecule has 1 atom stereocenters. The molecule has 1 aromatic heterocycles. The van der Waals surface area contributed by atoms with Gasteiger partial charge in [0.1, 0.15) is 6.61 Å². The van der Waals surface area contributed by atoms with Crippen LogP contribution in [0.25, 0.3) is 0 Å². The maximum atomic E-state index is 11.8. The van der Waals surface area contributed by atoms with Gasteiger partial charge in [-0.25, -0.2) is 0 Å². The minimum atomic E-state index is -0.0857. The van der Waals surface area contributed by atoms with Gasteiger partial charge in [0.05, 0.1) is 18.2 Å². The maximum Gasteiger partial charge on any atom is 0.310 e. The second kappa shape index (κ2) is 7.40. The van der Waals surface area contributed by atoms with Gasteiger partial charge in [-0.1, -0.05) is 5.16 Å². The number of nitrogens with zero attached hydrogens (tertiary/aromatic N) is 2. The third-order valence-corrected chi connectivity index (χ3v) is 3.41. The number of aromatic nitrogens is 1. The summed E-state index contributed by atoms with van der Waals surface area (Å²) in [6, 6.07) is 1.90. The zero-order valence-corrected chi connectivity index (χ0v) is 12.1. The highest BCUT2D eigenvalue weighted by Crippen LogP contribution is 2.20. The fourth-order valence-electron chi connectivity index (χ4n) is 2.52. The Morgan fingerprint density at radius 1 is 1.60 bits per heavy atom. The lowest BCUT2D eigenvalue weighted by molar-refractivity contribution is -0.150. The number of hydrogen-bond acceptors (Lipinski definition) is 6. The number of rotatable bonds is 6. The molecule has 1 aliphatic heterocycles. The normalized spacial score (nSPS) is 20.0. The van der Waals surface area contributed by atoms with Crippen LogP contribution in [0.1, 0.15) is 31.2 Å². The van der Waals surface area contributed by atoms with Gasteiger partial charge in [-0.3, -0.25) is 9.69 Å². The van der Waals surface area contributed by atoms with E-state index in [1.807, 2.05) is 13.0 Å². The molecular weight excluding hydrogens is 260 g/mol. The van der Waals surface area contributed by atoms with Crippen LogP contribution >= 0.6 is 0 Å². The van der Waals surface area contributed by atoms with Gasteiger partial charge in [0.15, 0.2) is 5.76 Å². The predicted octanol–water partition coefficient (Wildman–Crippen LogP) is 1.60. The molecule has 2 rings (SSSR count). The quantitative estimate of drug-likeness (QED) is 0.738. The van der Waals surface area contributed by atoms with Crippen molar-refractivity contribution in [3.63, 3.8) is 0 Å². The van der Waals surface area contributed by atoms with E-state index in [1.54, 1.807) is 7.11 Å². The van der Waals surface area contributed by atoms with Crippen LogP contribution in [-0.4, -0.2) is 42.8 Å². The summed E-state index contributed by atoms with van der Waals surface area (Å²) in [4.78, 5) is 14.0. The van der Waals surface area contributed by atoms with E-state index in [4.69, 9.17) is 14.0 Å². The summed E-state index contributed by atoms with van der Waals surface area (Å²) in [5, 5.41) is 4.02. The molecule has 0 aromatic carbocycles. The molecule has 6 nitrogen and oxygen atoms in total. The minimum absolute atomic E-state index is 0.0194. The van der Waals surface area contributed by atoms with Crippen molar-refractivity contribution in [2.24, 2.45) is 5.92 Å². The fourth-order valence-corrected chi connectivity index (χ4v) is 2.52. The number of ether oxygens (including phenoxy) is 2. The van der Waals surface area contributed by atoms with E-state index in [0.29, 0.717) is 19.8 Å². The molecule has 0 amide bonds. The van der Waals surface area contributed by atoms with Crippen molar-refractivity contribution in [2.75, 3.05) is 26.8 Å². The van der Waals surface area contributed by atoms with Crippen molar-refractivity contribution in [1.29, 1.82) is 0 Å². The van der Waals surface area contributed by atoms with Crippen LogP contribution in [0, 0.1) is 5.92 Å². The number of carbonyl (C=O) groups excluding carboxylic acids is 1. The van der Waals surface area contributed by atoms with Gasteiger partial charge in [-0.15, -0.1) is 0 Å². The molecule has 112 valence electrons. The van der Waals surface area contributed by atoms with Crippen molar-refractivity contribution < 1.29 is 18.8 Å². The Labute approximate surface area is 119 Å². The smallest absolute Gasteiger partial charge is 0.310 e. The first-order chi connectivity index (χ1) is 9.72. The van der Waals surface area contributed by atoms with Crippen molar-refractivity contribution >= 4 is 5.97 Å². The molecule has 1 unspecified atom stereocenters. The number of carbonyl (C=O) groups is 1. The van der Waals surface area contributed by atoms with E-state index >= 15 is 0 Å². The molecule has 1 saturated heterocycles. The van der Waals surface area contributed by atoms with Gasteiger partial charge in [-0.05, 0) is 26.3 Å². The van der Waals surface area contributed by atoms with Gasteiger partial charge in [0.2, 0.25) is 0 Å². The average Bonchev–Trinajstić information content (AvgIpc) is 2.87. The predicted molar refractivity (Wildman–Crippen MR) is 71.9 cm³/mol. The molecule has 1 aromatic rings. The standard InChI is InChI=1S/C14H22N2O4/c1-3-19-14(17)11-5-4-6-16(8-11)9-12-7-13(10-18-2)20-15-12/h7,11H,3-6,8-10H2,1-2H3. The Morgan fingerprint density at radius 2 is 2.45 bits per heavy atom. The van der Waals surface area contributed by atoms with E-state index in [0.717, 1.165) is 37.4 Å². The first-order valence-corrected chi connectivity index (χ1v) is 7.05. The van der Waals surface area contributed by atoms with Gasteiger partial charge in [0, 0.05) is 26.3 Å². The van der Waals surface area contributed by atoms with Crippen LogP contribution in [0.15, 0.2) is 10.6 Å². The Balaban J connectivity index is 1.87. The maximum absolute atomic E-state index is 11.8. The number of piperidine rings is 1. The van der Waals surface area contributed by atoms with Crippen molar-refractivity contribution in [3.8, 4) is 0 Å². The van der Waals surface area contributed by atoms with E-state index in [9.17, 15) is 4.79 Å². The van der Waals surface area contributed by atoms with Crippen molar-refractivity contribution in [2.45, 2.75) is 32.9 Å². The highest BCUT2D eigenvalue weighted by atomic mass is 16.5. The summed E-state index contributed by atoms with van der Waals surface area (Å²) in [6.45, 7) is 5.11. The monoisotopic (exact) mass is 282 g/mol. The lowest BCUT2D eigenvalue weighted by Gasteiger charge is -2.30. The van der Waals surface area contributed by atoms with Crippen LogP contribution < -0.4 is 0 Å². The number of likely N-dealkylation sites (tertiary alicyclic amines) is 1. The fraction of sp³-hybridized carbons (Fsp3) is 0.714. The molecule has 2 heterocycles. The van der Waals surface area contributed by atoms with E-state index in [1.165, 1.54) is 0 Å². The summed E-state index contributed by atoms with van der Waals surface area (Å²) >= 11 is 0. The Kier molecular flexibility index (Phi) is 5.55. The van der Waals surface area contributed by atoms with Gasteiger partial charge >= 0.3 is 5.97 Å².